The highest BCUT2D eigenvalue weighted by Crippen LogP contribution is 2.34. The molecular formula is C21H20FNO3S2. The maximum Gasteiger partial charge on any atom is 0.319 e. The molecule has 0 fully saturated rings. The van der Waals surface area contributed by atoms with Crippen LogP contribution in [-0.2, 0) is 11.2 Å². The van der Waals surface area contributed by atoms with Crippen LogP contribution in [-0.4, -0.2) is 27.4 Å². The van der Waals surface area contributed by atoms with Crippen molar-refractivity contribution >= 4 is 29.1 Å². The average molecular weight is 418 g/mol. The maximum atomic E-state index is 13.0. The van der Waals surface area contributed by atoms with Gasteiger partial charge in [-0.1, -0.05) is 36.0 Å². The molecule has 7 heteroatoms. The SMILES string of the molecule is CC(C)(Sc1nc(CCOc2ccc(-c3ccc(F)cc3)cc2)cs1)C(=O)O. The van der Waals surface area contributed by atoms with Gasteiger partial charge in [0.15, 0.2) is 4.34 Å². The molecule has 0 spiro atoms. The van der Waals surface area contributed by atoms with Crippen molar-refractivity contribution in [3.05, 3.63) is 65.4 Å². The van der Waals surface area contributed by atoms with E-state index < -0.39 is 10.7 Å². The van der Waals surface area contributed by atoms with E-state index >= 15 is 0 Å². The summed E-state index contributed by atoms with van der Waals surface area (Å²) in [5.41, 5.74) is 2.83. The predicted molar refractivity (Wildman–Crippen MR) is 111 cm³/mol. The lowest BCUT2D eigenvalue weighted by atomic mass is 10.1. The fourth-order valence-corrected chi connectivity index (χ4v) is 4.60. The molecule has 0 saturated carbocycles. The molecule has 1 heterocycles. The summed E-state index contributed by atoms with van der Waals surface area (Å²) in [5, 5.41) is 11.1. The Morgan fingerprint density at radius 3 is 2.36 bits per heavy atom. The van der Waals surface area contributed by atoms with Crippen molar-refractivity contribution < 1.29 is 19.0 Å². The average Bonchev–Trinajstić information content (AvgIpc) is 3.09. The number of rotatable bonds is 8. The van der Waals surface area contributed by atoms with E-state index in [0.717, 1.165) is 26.9 Å². The summed E-state index contributed by atoms with van der Waals surface area (Å²) in [7, 11) is 0. The number of thiazole rings is 1. The molecule has 0 bridgehead atoms. The standard InChI is InChI=1S/C21H20FNO3S2/c1-21(2,19(24)25)28-20-23-17(13-27-20)11-12-26-18-9-5-15(6-10-18)14-3-7-16(22)8-4-14/h3-10,13H,11-12H2,1-2H3,(H,24,25). The number of benzene rings is 2. The van der Waals surface area contributed by atoms with Crippen molar-refractivity contribution in [2.75, 3.05) is 6.61 Å². The normalized spacial score (nSPS) is 11.4. The predicted octanol–water partition coefficient (Wildman–Crippen LogP) is 5.53. The monoisotopic (exact) mass is 417 g/mol. The van der Waals surface area contributed by atoms with E-state index in [9.17, 15) is 14.3 Å². The van der Waals surface area contributed by atoms with Crippen molar-refractivity contribution in [3.8, 4) is 16.9 Å². The molecule has 1 aromatic heterocycles. The Bertz CT molecular complexity index is 937. The topological polar surface area (TPSA) is 59.4 Å². The summed E-state index contributed by atoms with van der Waals surface area (Å²) < 4.78 is 18.6. The van der Waals surface area contributed by atoms with Gasteiger partial charge >= 0.3 is 5.97 Å². The van der Waals surface area contributed by atoms with Gasteiger partial charge in [-0.25, -0.2) is 9.37 Å². The van der Waals surface area contributed by atoms with E-state index in [1.54, 1.807) is 26.0 Å². The second kappa shape index (κ2) is 8.75. The first-order valence-electron chi connectivity index (χ1n) is 8.69. The van der Waals surface area contributed by atoms with E-state index in [2.05, 4.69) is 4.98 Å². The molecule has 2 aromatic carbocycles. The van der Waals surface area contributed by atoms with Crippen LogP contribution in [0.25, 0.3) is 11.1 Å². The summed E-state index contributed by atoms with van der Waals surface area (Å²) >= 11 is 2.70. The quantitative estimate of drug-likeness (QED) is 0.489. The lowest BCUT2D eigenvalue weighted by Gasteiger charge is -2.15. The summed E-state index contributed by atoms with van der Waals surface area (Å²) in [5.74, 6) is -0.358. The van der Waals surface area contributed by atoms with Crippen LogP contribution in [0.3, 0.4) is 0 Å². The molecule has 0 atom stereocenters. The van der Waals surface area contributed by atoms with Gasteiger partial charge < -0.3 is 9.84 Å². The molecule has 0 aliphatic rings. The Balaban J connectivity index is 1.51. The number of thioether (sulfide) groups is 1. The zero-order valence-corrected chi connectivity index (χ0v) is 17.1. The second-order valence-corrected chi connectivity index (χ2v) is 9.38. The van der Waals surface area contributed by atoms with Crippen molar-refractivity contribution in [1.29, 1.82) is 0 Å². The first-order chi connectivity index (χ1) is 13.3. The van der Waals surface area contributed by atoms with Crippen molar-refractivity contribution in [1.82, 2.24) is 4.98 Å². The van der Waals surface area contributed by atoms with E-state index in [-0.39, 0.29) is 5.82 Å². The Kier molecular flexibility index (Phi) is 6.36. The molecule has 0 aliphatic carbocycles. The Morgan fingerprint density at radius 2 is 1.75 bits per heavy atom. The minimum absolute atomic E-state index is 0.251. The lowest BCUT2D eigenvalue weighted by Crippen LogP contribution is -2.26. The van der Waals surface area contributed by atoms with Crippen LogP contribution in [0, 0.1) is 5.82 Å². The largest absolute Gasteiger partial charge is 0.493 e. The van der Waals surface area contributed by atoms with E-state index in [0.29, 0.717) is 13.0 Å². The van der Waals surface area contributed by atoms with Crippen LogP contribution in [0.1, 0.15) is 19.5 Å². The first-order valence-corrected chi connectivity index (χ1v) is 10.4. The van der Waals surface area contributed by atoms with Crippen LogP contribution in [0.15, 0.2) is 58.3 Å². The number of carboxylic acids is 1. The Morgan fingerprint density at radius 1 is 1.14 bits per heavy atom. The molecule has 3 aromatic rings. The molecule has 28 heavy (non-hydrogen) atoms. The van der Waals surface area contributed by atoms with Gasteiger partial charge in [-0.05, 0) is 49.2 Å². The van der Waals surface area contributed by atoms with Crippen LogP contribution in [0.5, 0.6) is 5.75 Å². The van der Waals surface area contributed by atoms with Gasteiger partial charge in [0.25, 0.3) is 0 Å². The molecule has 0 aliphatic heterocycles. The molecule has 0 radical (unpaired) electrons. The van der Waals surface area contributed by atoms with Gasteiger partial charge in [-0.3, -0.25) is 4.79 Å². The summed E-state index contributed by atoms with van der Waals surface area (Å²) in [6, 6.07) is 14.0. The molecule has 0 saturated heterocycles. The third-order valence-electron chi connectivity index (χ3n) is 4.05. The van der Waals surface area contributed by atoms with E-state index in [1.807, 2.05) is 29.6 Å². The number of ether oxygens (including phenoxy) is 1. The third-order valence-corrected chi connectivity index (χ3v) is 6.22. The van der Waals surface area contributed by atoms with Crippen LogP contribution in [0.4, 0.5) is 4.39 Å². The van der Waals surface area contributed by atoms with Gasteiger partial charge in [-0.15, -0.1) is 11.3 Å². The summed E-state index contributed by atoms with van der Waals surface area (Å²) in [4.78, 5) is 15.7. The Hall–Kier alpha value is -2.38. The van der Waals surface area contributed by atoms with E-state index in [1.165, 1.54) is 35.2 Å². The van der Waals surface area contributed by atoms with Crippen molar-refractivity contribution in [2.45, 2.75) is 29.4 Å². The summed E-state index contributed by atoms with van der Waals surface area (Å²) in [6.45, 7) is 3.81. The zero-order valence-electron chi connectivity index (χ0n) is 15.5. The molecule has 146 valence electrons. The van der Waals surface area contributed by atoms with Gasteiger partial charge in [0, 0.05) is 11.8 Å². The highest BCUT2D eigenvalue weighted by atomic mass is 32.2. The van der Waals surface area contributed by atoms with Crippen molar-refractivity contribution in [2.24, 2.45) is 0 Å². The smallest absolute Gasteiger partial charge is 0.319 e. The number of nitrogens with zero attached hydrogens (tertiary/aromatic N) is 1. The molecule has 0 unspecified atom stereocenters. The van der Waals surface area contributed by atoms with Crippen LogP contribution in [0.2, 0.25) is 0 Å². The summed E-state index contributed by atoms with van der Waals surface area (Å²) in [6.07, 6.45) is 0.643. The molecule has 4 nitrogen and oxygen atoms in total. The van der Waals surface area contributed by atoms with Gasteiger partial charge in [0.05, 0.1) is 12.3 Å². The fourth-order valence-electron chi connectivity index (χ4n) is 2.37. The molecule has 0 amide bonds. The third kappa shape index (κ3) is 5.33. The second-order valence-electron chi connectivity index (χ2n) is 6.65. The minimum atomic E-state index is -0.905. The number of halogens is 1. The first kappa shape index (κ1) is 20.4. The lowest BCUT2D eigenvalue weighted by molar-refractivity contribution is -0.138. The number of hydrogen-bond donors (Lipinski definition) is 1. The van der Waals surface area contributed by atoms with Crippen LogP contribution >= 0.6 is 23.1 Å². The number of aliphatic carboxylic acids is 1. The molecule has 1 N–H and O–H groups in total. The van der Waals surface area contributed by atoms with Gasteiger partial charge in [0.2, 0.25) is 0 Å². The Labute approximate surface area is 171 Å². The molecule has 3 rings (SSSR count). The number of hydrogen-bond acceptors (Lipinski definition) is 5. The molecular weight excluding hydrogens is 397 g/mol. The highest BCUT2D eigenvalue weighted by Gasteiger charge is 2.29. The number of carbonyl (C=O) groups is 1. The van der Waals surface area contributed by atoms with Crippen LogP contribution < -0.4 is 4.74 Å². The maximum absolute atomic E-state index is 13.0. The number of aromatic nitrogens is 1. The van der Waals surface area contributed by atoms with E-state index in [4.69, 9.17) is 4.74 Å². The minimum Gasteiger partial charge on any atom is -0.493 e. The van der Waals surface area contributed by atoms with Crippen molar-refractivity contribution in [3.63, 3.8) is 0 Å². The highest BCUT2D eigenvalue weighted by molar-refractivity contribution is 8.02. The fraction of sp³-hybridized carbons (Fsp3) is 0.238. The van der Waals surface area contributed by atoms with Gasteiger partial charge in [-0.2, -0.15) is 0 Å². The zero-order chi connectivity index (χ0) is 20.1. The van der Waals surface area contributed by atoms with Gasteiger partial charge in [0.1, 0.15) is 16.3 Å². The number of carboxylic acid groups (broad SMARTS) is 1.